The van der Waals surface area contributed by atoms with E-state index in [4.69, 9.17) is 4.74 Å². The first-order valence-electron chi connectivity index (χ1n) is 6.11. The molecule has 0 aliphatic carbocycles. The molecular weight excluding hydrogens is 198 g/mol. The number of nitrogens with zero attached hydrogens (tertiary/aromatic N) is 1. The van der Waals surface area contributed by atoms with Crippen molar-refractivity contribution >= 4 is 0 Å². The van der Waals surface area contributed by atoms with Crippen molar-refractivity contribution in [2.24, 2.45) is 0 Å². The molecule has 2 nitrogen and oxygen atoms in total. The van der Waals surface area contributed by atoms with Crippen LogP contribution in [0.3, 0.4) is 0 Å². The lowest BCUT2D eigenvalue weighted by atomic mass is 10.2. The maximum absolute atomic E-state index is 5.75. The van der Waals surface area contributed by atoms with E-state index in [9.17, 15) is 0 Å². The van der Waals surface area contributed by atoms with Crippen LogP contribution >= 0.6 is 0 Å². The number of likely N-dealkylation sites (N-methyl/N-ethyl adjacent to an activating group) is 1. The van der Waals surface area contributed by atoms with Crippen molar-refractivity contribution in [3.8, 4) is 5.75 Å². The van der Waals surface area contributed by atoms with Crippen molar-refractivity contribution in [2.75, 3.05) is 26.7 Å². The van der Waals surface area contributed by atoms with Crippen molar-refractivity contribution in [1.29, 1.82) is 0 Å². The fraction of sp³-hybridized carbons (Fsp3) is 0.571. The van der Waals surface area contributed by atoms with Gasteiger partial charge in [0.05, 0.1) is 0 Å². The van der Waals surface area contributed by atoms with Crippen molar-refractivity contribution in [3.63, 3.8) is 0 Å². The number of benzene rings is 1. The molecule has 0 aliphatic heterocycles. The van der Waals surface area contributed by atoms with Gasteiger partial charge in [0.1, 0.15) is 12.4 Å². The number of hydrogen-bond acceptors (Lipinski definition) is 2. The first kappa shape index (κ1) is 13.0. The third-order valence-electron chi connectivity index (χ3n) is 2.72. The van der Waals surface area contributed by atoms with Gasteiger partial charge >= 0.3 is 0 Å². The Balaban J connectivity index is 2.23. The Bertz CT molecular complexity index is 299. The summed E-state index contributed by atoms with van der Waals surface area (Å²) in [5, 5.41) is 0. The third kappa shape index (κ3) is 4.67. The monoisotopic (exact) mass is 221 g/mol. The molecule has 1 rings (SSSR count). The van der Waals surface area contributed by atoms with E-state index in [0.29, 0.717) is 0 Å². The van der Waals surface area contributed by atoms with Crippen LogP contribution in [0.25, 0.3) is 0 Å². The Labute approximate surface area is 99.2 Å². The maximum atomic E-state index is 5.75. The average molecular weight is 221 g/mol. The molecule has 0 amide bonds. The summed E-state index contributed by atoms with van der Waals surface area (Å²) in [6.07, 6.45) is 2.52. The molecule has 0 saturated heterocycles. The fourth-order valence-corrected chi connectivity index (χ4v) is 1.57. The van der Waals surface area contributed by atoms with Crippen LogP contribution in [-0.4, -0.2) is 31.6 Å². The molecule has 0 fully saturated rings. The van der Waals surface area contributed by atoms with E-state index in [2.05, 4.69) is 31.9 Å². The highest BCUT2D eigenvalue weighted by atomic mass is 16.5. The molecule has 0 heterocycles. The minimum Gasteiger partial charge on any atom is -0.492 e. The summed E-state index contributed by atoms with van der Waals surface area (Å²) in [6.45, 7) is 7.22. The highest BCUT2D eigenvalue weighted by Gasteiger charge is 2.00. The molecular formula is C14H23NO. The van der Waals surface area contributed by atoms with Gasteiger partial charge in [-0.3, -0.25) is 0 Å². The zero-order valence-electron chi connectivity index (χ0n) is 10.7. The molecule has 0 atom stereocenters. The summed E-state index contributed by atoms with van der Waals surface area (Å²) in [7, 11) is 2.15. The summed E-state index contributed by atoms with van der Waals surface area (Å²) in [6, 6.07) is 8.16. The van der Waals surface area contributed by atoms with Gasteiger partial charge in [0.15, 0.2) is 0 Å². The molecule has 16 heavy (non-hydrogen) atoms. The predicted molar refractivity (Wildman–Crippen MR) is 69.1 cm³/mol. The predicted octanol–water partition coefficient (Wildman–Crippen LogP) is 3.11. The van der Waals surface area contributed by atoms with E-state index in [-0.39, 0.29) is 0 Å². The molecule has 0 spiro atoms. The Morgan fingerprint density at radius 1 is 1.19 bits per heavy atom. The third-order valence-corrected chi connectivity index (χ3v) is 2.72. The molecule has 2 heteroatoms. The molecule has 1 aromatic rings. The first-order valence-corrected chi connectivity index (χ1v) is 6.11. The molecule has 0 aliphatic rings. The molecule has 0 bridgehead atoms. The van der Waals surface area contributed by atoms with Crippen molar-refractivity contribution < 1.29 is 4.74 Å². The quantitative estimate of drug-likeness (QED) is 0.701. The Morgan fingerprint density at radius 3 is 2.62 bits per heavy atom. The summed E-state index contributed by atoms with van der Waals surface area (Å²) < 4.78 is 5.75. The van der Waals surface area contributed by atoms with Crippen molar-refractivity contribution in [1.82, 2.24) is 4.90 Å². The SMILES string of the molecule is CCCCN(C)CCOc1ccccc1C. The van der Waals surface area contributed by atoms with Crippen LogP contribution in [0.4, 0.5) is 0 Å². The van der Waals surface area contributed by atoms with E-state index in [1.807, 2.05) is 18.2 Å². The van der Waals surface area contributed by atoms with Gasteiger partial charge in [-0.25, -0.2) is 0 Å². The van der Waals surface area contributed by atoms with Crippen molar-refractivity contribution in [3.05, 3.63) is 29.8 Å². The first-order chi connectivity index (χ1) is 7.74. The molecule has 1 aromatic carbocycles. The number of aryl methyl sites for hydroxylation is 1. The Hall–Kier alpha value is -1.02. The van der Waals surface area contributed by atoms with E-state index in [1.165, 1.54) is 18.4 Å². The van der Waals surface area contributed by atoms with Crippen LogP contribution in [0.5, 0.6) is 5.75 Å². The maximum Gasteiger partial charge on any atom is 0.122 e. The molecule has 0 saturated carbocycles. The fourth-order valence-electron chi connectivity index (χ4n) is 1.57. The van der Waals surface area contributed by atoms with Crippen molar-refractivity contribution in [2.45, 2.75) is 26.7 Å². The summed E-state index contributed by atoms with van der Waals surface area (Å²) >= 11 is 0. The number of hydrogen-bond donors (Lipinski definition) is 0. The number of ether oxygens (including phenoxy) is 1. The largest absolute Gasteiger partial charge is 0.492 e. The van der Waals surface area contributed by atoms with Crippen LogP contribution in [0.15, 0.2) is 24.3 Å². The lowest BCUT2D eigenvalue weighted by molar-refractivity contribution is 0.234. The summed E-state index contributed by atoms with van der Waals surface area (Å²) in [4.78, 5) is 2.32. The highest BCUT2D eigenvalue weighted by molar-refractivity contribution is 5.31. The van der Waals surface area contributed by atoms with Gasteiger partial charge in [0, 0.05) is 6.54 Å². The van der Waals surface area contributed by atoms with E-state index in [0.717, 1.165) is 25.4 Å². The molecule has 90 valence electrons. The lowest BCUT2D eigenvalue weighted by Gasteiger charge is -2.16. The average Bonchev–Trinajstić information content (AvgIpc) is 2.29. The smallest absolute Gasteiger partial charge is 0.122 e. The normalized spacial score (nSPS) is 10.8. The van der Waals surface area contributed by atoms with E-state index in [1.54, 1.807) is 0 Å². The van der Waals surface area contributed by atoms with Crippen LogP contribution in [0.2, 0.25) is 0 Å². The molecule has 0 unspecified atom stereocenters. The second-order valence-corrected chi connectivity index (χ2v) is 4.27. The van der Waals surface area contributed by atoms with Gasteiger partial charge < -0.3 is 9.64 Å². The molecule has 0 radical (unpaired) electrons. The van der Waals surface area contributed by atoms with Crippen LogP contribution < -0.4 is 4.74 Å². The van der Waals surface area contributed by atoms with Crippen LogP contribution in [-0.2, 0) is 0 Å². The topological polar surface area (TPSA) is 12.5 Å². The summed E-state index contributed by atoms with van der Waals surface area (Å²) in [5.41, 5.74) is 1.21. The zero-order chi connectivity index (χ0) is 11.8. The second-order valence-electron chi connectivity index (χ2n) is 4.27. The van der Waals surface area contributed by atoms with Gasteiger partial charge in [0.2, 0.25) is 0 Å². The lowest BCUT2D eigenvalue weighted by Crippen LogP contribution is -2.25. The van der Waals surface area contributed by atoms with Crippen LogP contribution in [0.1, 0.15) is 25.3 Å². The minimum absolute atomic E-state index is 0.769. The van der Waals surface area contributed by atoms with Gasteiger partial charge in [-0.2, -0.15) is 0 Å². The standard InChI is InChI=1S/C14H23NO/c1-4-5-10-15(3)11-12-16-14-9-7-6-8-13(14)2/h6-9H,4-5,10-12H2,1-3H3. The minimum atomic E-state index is 0.769. The number of unbranched alkanes of at least 4 members (excludes halogenated alkanes) is 1. The van der Waals surface area contributed by atoms with E-state index < -0.39 is 0 Å². The molecule has 0 N–H and O–H groups in total. The zero-order valence-corrected chi connectivity index (χ0v) is 10.7. The van der Waals surface area contributed by atoms with Gasteiger partial charge in [-0.15, -0.1) is 0 Å². The Kier molecular flexibility index (Phi) is 5.94. The number of para-hydroxylation sites is 1. The van der Waals surface area contributed by atoms with Gasteiger partial charge in [-0.05, 0) is 38.6 Å². The van der Waals surface area contributed by atoms with E-state index >= 15 is 0 Å². The molecule has 0 aromatic heterocycles. The Morgan fingerprint density at radius 2 is 1.94 bits per heavy atom. The van der Waals surface area contributed by atoms with Gasteiger partial charge in [-0.1, -0.05) is 31.5 Å². The summed E-state index contributed by atoms with van der Waals surface area (Å²) in [5.74, 6) is 1.01. The number of rotatable bonds is 7. The van der Waals surface area contributed by atoms with Gasteiger partial charge in [0.25, 0.3) is 0 Å². The highest BCUT2D eigenvalue weighted by Crippen LogP contribution is 2.15. The second kappa shape index (κ2) is 7.29. The van der Waals surface area contributed by atoms with Crippen LogP contribution in [0, 0.1) is 6.92 Å².